The second kappa shape index (κ2) is 8.98. The molecular weight excluding hydrogens is 498 g/mol. The minimum Gasteiger partial charge on any atom is -0.481 e. The fourth-order valence-corrected chi connectivity index (χ4v) is 3.89. The number of amides is 1. The molecule has 0 fully saturated rings. The lowest BCUT2D eigenvalue weighted by molar-refractivity contribution is -0.153. The number of thiazole rings is 1. The van der Waals surface area contributed by atoms with Gasteiger partial charge in [0.1, 0.15) is 5.39 Å². The monoisotopic (exact) mass is 513 g/mol. The first kappa shape index (κ1) is 24.1. The highest BCUT2D eigenvalue weighted by Gasteiger charge is 2.29. The zero-order valence-corrected chi connectivity index (χ0v) is 18.8. The van der Waals surface area contributed by atoms with Gasteiger partial charge in [0.25, 0.3) is 5.56 Å². The Balaban J connectivity index is 1.48. The van der Waals surface area contributed by atoms with Crippen LogP contribution in [0.2, 0.25) is 0 Å². The van der Waals surface area contributed by atoms with E-state index in [1.807, 2.05) is 0 Å². The van der Waals surface area contributed by atoms with Crippen molar-refractivity contribution < 1.29 is 31.6 Å². The molecule has 1 amide bonds. The molecule has 0 saturated carbocycles. The summed E-state index contributed by atoms with van der Waals surface area (Å²) in [7, 11) is 2.70. The molecule has 35 heavy (non-hydrogen) atoms. The number of nitrogens with zero attached hydrogens (tertiary/aromatic N) is 4. The third-order valence-corrected chi connectivity index (χ3v) is 5.60. The first-order valence-electron chi connectivity index (χ1n) is 9.73. The molecule has 4 aromatic rings. The molecule has 184 valence electrons. The molecule has 0 bridgehead atoms. The number of aryl methyl sites for hydroxylation is 1. The van der Waals surface area contributed by atoms with E-state index in [9.17, 15) is 31.9 Å². The molecule has 3 heterocycles. The number of hydrogen-bond acceptors (Lipinski definition) is 8. The summed E-state index contributed by atoms with van der Waals surface area (Å²) in [6, 6.07) is 3.35. The average Bonchev–Trinajstić information content (AvgIpc) is 3.42. The first-order valence-corrected chi connectivity index (χ1v) is 10.6. The predicted octanol–water partition coefficient (Wildman–Crippen LogP) is 2.61. The summed E-state index contributed by atoms with van der Waals surface area (Å²) in [6.45, 7) is -1.63. The topological polar surface area (TPSA) is 121 Å². The molecule has 3 aromatic heterocycles. The molecule has 0 unspecified atom stereocenters. The van der Waals surface area contributed by atoms with Crippen LogP contribution in [0.1, 0.15) is 5.76 Å². The number of benzene rings is 1. The summed E-state index contributed by atoms with van der Waals surface area (Å²) in [5.74, 6) is -2.19. The van der Waals surface area contributed by atoms with E-state index in [4.69, 9.17) is 4.52 Å². The molecular formula is C20H15F4N5O5S. The Morgan fingerprint density at radius 2 is 1.97 bits per heavy atom. The molecule has 0 saturated heterocycles. The number of fused-ring (bicyclic) bond motifs is 1. The summed E-state index contributed by atoms with van der Waals surface area (Å²) in [5, 5.41) is 7.87. The van der Waals surface area contributed by atoms with Gasteiger partial charge in [0, 0.05) is 25.0 Å². The maximum atomic E-state index is 14.1. The smallest absolute Gasteiger partial charge is 0.422 e. The maximum Gasteiger partial charge on any atom is 0.422 e. The molecule has 0 atom stereocenters. The molecule has 1 aromatic carbocycles. The van der Waals surface area contributed by atoms with Crippen molar-refractivity contribution in [1.82, 2.24) is 19.3 Å². The third-order valence-electron chi connectivity index (χ3n) is 4.85. The number of alkyl halides is 3. The Morgan fingerprint density at radius 3 is 2.66 bits per heavy atom. The van der Waals surface area contributed by atoms with Crippen molar-refractivity contribution in [3.63, 3.8) is 0 Å². The van der Waals surface area contributed by atoms with Gasteiger partial charge in [-0.1, -0.05) is 5.16 Å². The van der Waals surface area contributed by atoms with E-state index >= 15 is 0 Å². The molecule has 0 aliphatic rings. The largest absolute Gasteiger partial charge is 0.481 e. The fourth-order valence-electron chi connectivity index (χ4n) is 3.16. The minimum absolute atomic E-state index is 0.00196. The van der Waals surface area contributed by atoms with E-state index < -0.39 is 41.5 Å². The van der Waals surface area contributed by atoms with E-state index in [1.54, 1.807) is 0 Å². The Hall–Kier alpha value is -4.01. The van der Waals surface area contributed by atoms with Gasteiger partial charge in [-0.25, -0.2) is 14.2 Å². The molecule has 15 heteroatoms. The first-order chi connectivity index (χ1) is 16.4. The highest BCUT2D eigenvalue weighted by molar-refractivity contribution is 7.14. The van der Waals surface area contributed by atoms with Crippen LogP contribution in [0.15, 0.2) is 37.7 Å². The summed E-state index contributed by atoms with van der Waals surface area (Å²) < 4.78 is 62.4. The van der Waals surface area contributed by atoms with E-state index in [0.717, 1.165) is 32.6 Å². The maximum absolute atomic E-state index is 14.1. The fraction of sp³-hybridized carbons (Fsp3) is 0.250. The van der Waals surface area contributed by atoms with Gasteiger partial charge in [-0.05, 0) is 18.2 Å². The Bertz CT molecular complexity index is 1550. The van der Waals surface area contributed by atoms with Crippen LogP contribution in [0.3, 0.4) is 0 Å². The van der Waals surface area contributed by atoms with Crippen molar-refractivity contribution in [3.05, 3.63) is 56.0 Å². The lowest BCUT2D eigenvalue weighted by atomic mass is 10.1. The quantitative estimate of drug-likeness (QED) is 0.394. The summed E-state index contributed by atoms with van der Waals surface area (Å²) in [5.41, 5.74) is -0.737. The number of carbonyl (C=O) groups excluding carboxylic acids is 1. The van der Waals surface area contributed by atoms with Crippen molar-refractivity contribution in [2.45, 2.75) is 12.6 Å². The van der Waals surface area contributed by atoms with Crippen LogP contribution in [-0.2, 0) is 25.3 Å². The van der Waals surface area contributed by atoms with Crippen molar-refractivity contribution in [1.29, 1.82) is 0 Å². The van der Waals surface area contributed by atoms with Gasteiger partial charge in [0.2, 0.25) is 5.91 Å². The summed E-state index contributed by atoms with van der Waals surface area (Å²) in [4.78, 5) is 41.1. The van der Waals surface area contributed by atoms with Crippen LogP contribution in [0.5, 0.6) is 5.75 Å². The lowest BCUT2D eigenvalue weighted by Crippen LogP contribution is -2.37. The average molecular weight is 513 g/mol. The van der Waals surface area contributed by atoms with Gasteiger partial charge in [-0.3, -0.25) is 18.7 Å². The zero-order valence-electron chi connectivity index (χ0n) is 18.0. The molecule has 0 radical (unpaired) electrons. The predicted molar refractivity (Wildman–Crippen MR) is 116 cm³/mol. The summed E-state index contributed by atoms with van der Waals surface area (Å²) in [6.07, 6.45) is -4.98. The minimum atomic E-state index is -4.60. The van der Waals surface area contributed by atoms with Gasteiger partial charge in [-0.15, -0.1) is 11.3 Å². The van der Waals surface area contributed by atoms with Crippen LogP contribution in [0, 0.1) is 5.82 Å². The van der Waals surface area contributed by atoms with Crippen molar-refractivity contribution in [2.24, 2.45) is 14.1 Å². The number of nitrogens with one attached hydrogen (secondary N) is 1. The Morgan fingerprint density at radius 1 is 1.23 bits per heavy atom. The SMILES string of the molecule is Cn1c(=O)c2c(CC(=O)Nc3nc(-c4ccc(OCC(F)(F)F)c(F)c4)cs3)onc2n(C)c1=O. The normalized spacial score (nSPS) is 11.7. The van der Waals surface area contributed by atoms with Crippen LogP contribution in [-0.4, -0.2) is 38.0 Å². The highest BCUT2D eigenvalue weighted by Crippen LogP contribution is 2.29. The highest BCUT2D eigenvalue weighted by atomic mass is 32.1. The zero-order chi connectivity index (χ0) is 25.5. The van der Waals surface area contributed by atoms with E-state index in [0.29, 0.717) is 0 Å². The van der Waals surface area contributed by atoms with Crippen LogP contribution in [0.25, 0.3) is 22.3 Å². The number of halogens is 4. The van der Waals surface area contributed by atoms with Gasteiger partial charge in [0.05, 0.1) is 12.1 Å². The molecule has 0 spiro atoms. The van der Waals surface area contributed by atoms with E-state index in [2.05, 4.69) is 20.2 Å². The standard InChI is InChI=1S/C20H15F4N5O5S/c1-28-16-15(17(31)29(2)19(28)32)13(34-27-16)6-14(30)26-18-25-11(7-35-18)9-3-4-12(10(21)5-9)33-8-20(22,23)24/h3-5,7H,6,8H2,1-2H3,(H,25,26,30). The summed E-state index contributed by atoms with van der Waals surface area (Å²) >= 11 is 1.02. The van der Waals surface area contributed by atoms with Crippen molar-refractivity contribution in [2.75, 3.05) is 11.9 Å². The van der Waals surface area contributed by atoms with E-state index in [1.165, 1.54) is 25.5 Å². The number of carbonyl (C=O) groups is 1. The van der Waals surface area contributed by atoms with Crippen molar-refractivity contribution >= 4 is 33.4 Å². The Labute approximate surface area is 196 Å². The number of ether oxygens (including phenoxy) is 1. The van der Waals surface area contributed by atoms with Gasteiger partial charge in [-0.2, -0.15) is 13.2 Å². The number of rotatable bonds is 6. The molecule has 0 aliphatic carbocycles. The number of hydrogen-bond donors (Lipinski definition) is 1. The second-order valence-corrected chi connectivity index (χ2v) is 8.18. The van der Waals surface area contributed by atoms with Gasteiger partial charge < -0.3 is 14.6 Å². The number of aromatic nitrogens is 4. The third kappa shape index (κ3) is 4.94. The Kier molecular flexibility index (Phi) is 6.19. The van der Waals surface area contributed by atoms with Gasteiger partial charge >= 0.3 is 11.9 Å². The number of anilines is 1. The molecule has 4 rings (SSSR count). The lowest BCUT2D eigenvalue weighted by Gasteiger charge is -2.10. The van der Waals surface area contributed by atoms with Gasteiger partial charge in [0.15, 0.2) is 34.7 Å². The molecule has 0 aliphatic heterocycles. The van der Waals surface area contributed by atoms with Crippen LogP contribution in [0.4, 0.5) is 22.7 Å². The molecule has 1 N–H and O–H groups in total. The van der Waals surface area contributed by atoms with Crippen molar-refractivity contribution in [3.8, 4) is 17.0 Å². The van der Waals surface area contributed by atoms with Crippen LogP contribution >= 0.6 is 11.3 Å². The van der Waals surface area contributed by atoms with E-state index in [-0.39, 0.29) is 39.6 Å². The van der Waals surface area contributed by atoms with Crippen LogP contribution < -0.4 is 21.3 Å². The molecule has 10 nitrogen and oxygen atoms in total. The second-order valence-electron chi connectivity index (χ2n) is 7.32.